The second-order valence-electron chi connectivity index (χ2n) is 7.51. The third-order valence-corrected chi connectivity index (χ3v) is 5.42. The summed E-state index contributed by atoms with van der Waals surface area (Å²) in [7, 11) is 0. The third-order valence-electron chi connectivity index (χ3n) is 5.42. The molecule has 29 heavy (non-hydrogen) atoms. The molecule has 2 N–H and O–H groups in total. The number of hydrogen-bond acceptors (Lipinski definition) is 2. The van der Waals surface area contributed by atoms with Crippen LogP contribution >= 0.6 is 0 Å². The van der Waals surface area contributed by atoms with Gasteiger partial charge in [0.05, 0.1) is 12.8 Å². The molecule has 0 aliphatic carbocycles. The van der Waals surface area contributed by atoms with Gasteiger partial charge in [-0.05, 0) is 54.7 Å². The monoisotopic (exact) mass is 384 g/mol. The lowest BCUT2D eigenvalue weighted by Crippen LogP contribution is -2.13. The van der Waals surface area contributed by atoms with Crippen LogP contribution in [-0.4, -0.2) is 11.2 Å². The first-order chi connectivity index (χ1) is 14.2. The molecule has 0 saturated heterocycles. The predicted molar refractivity (Wildman–Crippen MR) is 120 cm³/mol. The predicted octanol–water partition coefficient (Wildman–Crippen LogP) is 5.53. The molecule has 0 aliphatic rings. The molecule has 1 heterocycles. The normalized spacial score (nSPS) is 12.2. The van der Waals surface area contributed by atoms with Gasteiger partial charge in [-0.2, -0.15) is 0 Å². The Morgan fingerprint density at radius 3 is 2.34 bits per heavy atom. The SMILES string of the molecule is CC(N)n1ccc2c(CCc3ccccc3OCCc3ccccc3)cccc21. The van der Waals surface area contributed by atoms with Crippen LogP contribution in [0.15, 0.2) is 85.1 Å². The van der Waals surface area contributed by atoms with Crippen LogP contribution in [-0.2, 0) is 19.3 Å². The van der Waals surface area contributed by atoms with Crippen molar-refractivity contribution in [2.24, 2.45) is 5.73 Å². The van der Waals surface area contributed by atoms with E-state index in [0.717, 1.165) is 25.0 Å². The number of nitrogens with two attached hydrogens (primary N) is 1. The van der Waals surface area contributed by atoms with E-state index in [1.165, 1.54) is 27.6 Å². The molecule has 3 heteroatoms. The third kappa shape index (κ3) is 4.52. The van der Waals surface area contributed by atoms with Gasteiger partial charge in [-0.25, -0.2) is 0 Å². The van der Waals surface area contributed by atoms with E-state index in [-0.39, 0.29) is 6.17 Å². The number of nitrogens with zero attached hydrogens (tertiary/aromatic N) is 1. The minimum atomic E-state index is -0.0264. The van der Waals surface area contributed by atoms with Gasteiger partial charge in [0.1, 0.15) is 5.75 Å². The van der Waals surface area contributed by atoms with E-state index in [4.69, 9.17) is 10.5 Å². The molecule has 4 aromatic rings. The molecule has 148 valence electrons. The van der Waals surface area contributed by atoms with Gasteiger partial charge in [-0.1, -0.05) is 60.7 Å². The number of aryl methyl sites for hydroxylation is 2. The van der Waals surface area contributed by atoms with Crippen molar-refractivity contribution in [2.45, 2.75) is 32.4 Å². The lowest BCUT2D eigenvalue weighted by molar-refractivity contribution is 0.318. The van der Waals surface area contributed by atoms with Gasteiger partial charge in [0.15, 0.2) is 0 Å². The van der Waals surface area contributed by atoms with E-state index in [1.807, 2.05) is 19.1 Å². The molecule has 1 atom stereocenters. The van der Waals surface area contributed by atoms with Crippen LogP contribution < -0.4 is 10.5 Å². The topological polar surface area (TPSA) is 40.2 Å². The Morgan fingerprint density at radius 2 is 1.52 bits per heavy atom. The molecule has 0 amide bonds. The van der Waals surface area contributed by atoms with Crippen LogP contribution in [0.2, 0.25) is 0 Å². The van der Waals surface area contributed by atoms with E-state index in [1.54, 1.807) is 0 Å². The lowest BCUT2D eigenvalue weighted by Gasteiger charge is -2.13. The summed E-state index contributed by atoms with van der Waals surface area (Å²) >= 11 is 0. The zero-order valence-corrected chi connectivity index (χ0v) is 16.9. The highest BCUT2D eigenvalue weighted by atomic mass is 16.5. The Labute approximate surface area is 172 Å². The maximum Gasteiger partial charge on any atom is 0.122 e. The number of rotatable bonds is 8. The van der Waals surface area contributed by atoms with E-state index in [0.29, 0.717) is 6.61 Å². The Hall–Kier alpha value is -3.04. The Bertz CT molecular complexity index is 1070. The summed E-state index contributed by atoms with van der Waals surface area (Å²) in [6.07, 6.45) is 4.89. The largest absolute Gasteiger partial charge is 0.493 e. The van der Waals surface area contributed by atoms with Gasteiger partial charge in [-0.15, -0.1) is 0 Å². The second-order valence-corrected chi connectivity index (χ2v) is 7.51. The molecule has 0 bridgehead atoms. The first-order valence-corrected chi connectivity index (χ1v) is 10.3. The molecule has 3 aromatic carbocycles. The summed E-state index contributed by atoms with van der Waals surface area (Å²) in [5, 5.41) is 1.28. The lowest BCUT2D eigenvalue weighted by atomic mass is 10.0. The number of hydrogen-bond donors (Lipinski definition) is 1. The van der Waals surface area contributed by atoms with Crippen molar-refractivity contribution in [2.75, 3.05) is 6.61 Å². The molecule has 0 saturated carbocycles. The highest BCUT2D eigenvalue weighted by molar-refractivity contribution is 5.83. The number of fused-ring (bicyclic) bond motifs is 1. The average Bonchev–Trinajstić information content (AvgIpc) is 3.19. The van der Waals surface area contributed by atoms with Crippen molar-refractivity contribution in [3.63, 3.8) is 0 Å². The zero-order valence-electron chi connectivity index (χ0n) is 16.9. The Kier molecular flexibility index (Phi) is 5.97. The summed E-state index contributed by atoms with van der Waals surface area (Å²) in [5.41, 5.74) is 11.2. The van der Waals surface area contributed by atoms with Crippen molar-refractivity contribution in [1.82, 2.24) is 4.57 Å². The standard InChI is InChI=1S/C26H28N2O/c1-20(27)28-18-16-24-22(11-7-12-25(24)28)14-15-23-10-5-6-13-26(23)29-19-17-21-8-3-2-4-9-21/h2-13,16,18,20H,14-15,17,19,27H2,1H3. The highest BCUT2D eigenvalue weighted by Crippen LogP contribution is 2.25. The van der Waals surface area contributed by atoms with Gasteiger partial charge in [0, 0.05) is 23.5 Å². The van der Waals surface area contributed by atoms with Crippen LogP contribution in [0.4, 0.5) is 0 Å². The molecular weight excluding hydrogens is 356 g/mol. The van der Waals surface area contributed by atoms with Gasteiger partial charge < -0.3 is 15.0 Å². The maximum absolute atomic E-state index is 6.13. The molecule has 1 unspecified atom stereocenters. The van der Waals surface area contributed by atoms with Gasteiger partial charge in [-0.3, -0.25) is 0 Å². The first kappa shape index (κ1) is 19.3. The first-order valence-electron chi connectivity index (χ1n) is 10.3. The van der Waals surface area contributed by atoms with E-state index in [2.05, 4.69) is 77.5 Å². The van der Waals surface area contributed by atoms with Crippen LogP contribution in [0, 0.1) is 0 Å². The number of aromatic nitrogens is 1. The molecule has 0 spiro atoms. The van der Waals surface area contributed by atoms with E-state index >= 15 is 0 Å². The van der Waals surface area contributed by atoms with Crippen molar-refractivity contribution in [3.8, 4) is 5.75 Å². The van der Waals surface area contributed by atoms with Crippen molar-refractivity contribution in [3.05, 3.63) is 102 Å². The van der Waals surface area contributed by atoms with Crippen molar-refractivity contribution < 1.29 is 4.74 Å². The van der Waals surface area contributed by atoms with E-state index < -0.39 is 0 Å². The Balaban J connectivity index is 1.45. The van der Waals surface area contributed by atoms with Crippen LogP contribution in [0.1, 0.15) is 29.8 Å². The molecule has 4 rings (SSSR count). The number of para-hydroxylation sites is 1. The van der Waals surface area contributed by atoms with Crippen LogP contribution in [0.25, 0.3) is 10.9 Å². The van der Waals surface area contributed by atoms with Gasteiger partial charge in [0.2, 0.25) is 0 Å². The zero-order chi connectivity index (χ0) is 20.1. The maximum atomic E-state index is 6.13. The number of ether oxygens (including phenoxy) is 1. The van der Waals surface area contributed by atoms with Crippen molar-refractivity contribution in [1.29, 1.82) is 0 Å². The molecule has 3 nitrogen and oxygen atoms in total. The fraction of sp³-hybridized carbons (Fsp3) is 0.231. The summed E-state index contributed by atoms with van der Waals surface area (Å²) in [4.78, 5) is 0. The quantitative estimate of drug-likeness (QED) is 0.434. The summed E-state index contributed by atoms with van der Waals surface area (Å²) in [5.74, 6) is 0.990. The minimum Gasteiger partial charge on any atom is -0.493 e. The van der Waals surface area contributed by atoms with Gasteiger partial charge >= 0.3 is 0 Å². The summed E-state index contributed by atoms with van der Waals surface area (Å²) in [6, 6.07) is 27.5. The highest BCUT2D eigenvalue weighted by Gasteiger charge is 2.09. The Morgan fingerprint density at radius 1 is 0.793 bits per heavy atom. The van der Waals surface area contributed by atoms with Crippen LogP contribution in [0.3, 0.4) is 0 Å². The fourth-order valence-electron chi connectivity index (χ4n) is 3.87. The molecule has 0 aliphatic heterocycles. The summed E-state index contributed by atoms with van der Waals surface area (Å²) < 4.78 is 8.26. The molecule has 0 radical (unpaired) electrons. The fourth-order valence-corrected chi connectivity index (χ4v) is 3.87. The van der Waals surface area contributed by atoms with Crippen molar-refractivity contribution >= 4 is 10.9 Å². The van der Waals surface area contributed by atoms with E-state index in [9.17, 15) is 0 Å². The smallest absolute Gasteiger partial charge is 0.122 e. The molecule has 0 fully saturated rings. The van der Waals surface area contributed by atoms with Crippen LogP contribution in [0.5, 0.6) is 5.75 Å². The average molecular weight is 385 g/mol. The second kappa shape index (κ2) is 8.97. The minimum absolute atomic E-state index is 0.0264. The summed E-state index contributed by atoms with van der Waals surface area (Å²) in [6.45, 7) is 2.70. The number of benzene rings is 3. The van der Waals surface area contributed by atoms with Gasteiger partial charge in [0.25, 0.3) is 0 Å². The molecule has 1 aromatic heterocycles. The molecular formula is C26H28N2O.